The normalized spacial score (nSPS) is 40.4. The largest absolute Gasteiger partial charge is 0.478 e. The second-order valence-corrected chi connectivity index (χ2v) is 9.85. The van der Waals surface area contributed by atoms with Crippen molar-refractivity contribution in [2.75, 3.05) is 13.6 Å². The van der Waals surface area contributed by atoms with Gasteiger partial charge < -0.3 is 14.2 Å². The molecule has 0 amide bonds. The molecule has 5 atom stereocenters. The van der Waals surface area contributed by atoms with Gasteiger partial charge in [0.05, 0.1) is 5.41 Å². The number of esters is 2. The maximum absolute atomic E-state index is 12.0. The molecule has 2 heterocycles. The highest BCUT2D eigenvalue weighted by Gasteiger charge is 2.78. The van der Waals surface area contributed by atoms with Gasteiger partial charge in [0.25, 0.3) is 0 Å². The van der Waals surface area contributed by atoms with Crippen molar-refractivity contribution in [3.05, 3.63) is 35.4 Å². The topological polar surface area (TPSA) is 65.1 Å². The Morgan fingerprint density at radius 2 is 1.90 bits per heavy atom. The Balaban J connectivity index is 1.85. The quantitative estimate of drug-likeness (QED) is 0.423. The van der Waals surface area contributed by atoms with Crippen LogP contribution in [0.15, 0.2) is 24.3 Å². The molecule has 2 aliphatic heterocycles. The summed E-state index contributed by atoms with van der Waals surface area (Å²) in [7, 11) is 2.19. The van der Waals surface area contributed by atoms with Crippen molar-refractivity contribution < 1.29 is 23.8 Å². The summed E-state index contributed by atoms with van der Waals surface area (Å²) in [4.78, 5) is 26.2. The first-order valence-electron chi connectivity index (χ1n) is 10.6. The molecule has 2 bridgehead atoms. The molecule has 30 heavy (non-hydrogen) atoms. The van der Waals surface area contributed by atoms with Gasteiger partial charge in [-0.3, -0.25) is 14.5 Å². The van der Waals surface area contributed by atoms with E-state index < -0.39 is 17.1 Å². The zero-order valence-electron chi connectivity index (χ0n) is 18.5. The Hall–Kier alpha value is -2.34. The second-order valence-electron chi connectivity index (χ2n) is 9.85. The van der Waals surface area contributed by atoms with E-state index in [-0.39, 0.29) is 22.9 Å². The van der Waals surface area contributed by atoms with E-state index in [1.807, 2.05) is 12.1 Å². The zero-order valence-corrected chi connectivity index (χ0v) is 18.5. The molecule has 2 aliphatic carbocycles. The number of carbonyl (C=O) groups excluding carboxylic acids is 2. The number of benzene rings is 1. The molecule has 0 aromatic heterocycles. The summed E-state index contributed by atoms with van der Waals surface area (Å²) in [5.74, 6) is 0.354. The van der Waals surface area contributed by atoms with E-state index in [4.69, 9.17) is 14.2 Å². The lowest BCUT2D eigenvalue weighted by Gasteiger charge is -2.70. The third-order valence-electron chi connectivity index (χ3n) is 8.69. The van der Waals surface area contributed by atoms with E-state index in [9.17, 15) is 9.59 Å². The third kappa shape index (κ3) is 1.94. The first-order chi connectivity index (χ1) is 14.0. The molecule has 0 radical (unpaired) electrons. The van der Waals surface area contributed by atoms with Gasteiger partial charge in [0.2, 0.25) is 0 Å². The van der Waals surface area contributed by atoms with Crippen LogP contribution in [0.4, 0.5) is 0 Å². The minimum Gasteiger partial charge on any atom is -0.478 e. The number of nitrogens with zero attached hydrogens (tertiary/aromatic N) is 1. The number of likely N-dealkylation sites (N-methyl/N-ethyl adjacent to an activating group) is 1. The number of piperidine rings is 1. The average molecular weight is 411 g/mol. The van der Waals surface area contributed by atoms with Crippen molar-refractivity contribution in [2.24, 2.45) is 5.41 Å². The molecular formula is C24H29NO5. The number of rotatable bonds is 2. The maximum Gasteiger partial charge on any atom is 0.308 e. The van der Waals surface area contributed by atoms with Crippen LogP contribution < -0.4 is 9.47 Å². The van der Waals surface area contributed by atoms with Crippen LogP contribution in [0, 0.1) is 5.41 Å². The zero-order chi connectivity index (χ0) is 21.7. The first kappa shape index (κ1) is 19.6. The number of hydrogen-bond donors (Lipinski definition) is 0. The van der Waals surface area contributed by atoms with Crippen LogP contribution in [-0.2, 0) is 26.2 Å². The molecule has 6 nitrogen and oxygen atoms in total. The summed E-state index contributed by atoms with van der Waals surface area (Å²) in [5.41, 5.74) is 0.732. The first-order valence-corrected chi connectivity index (χ1v) is 10.6. The Kier molecular flexibility index (Phi) is 3.70. The molecule has 1 aromatic rings. The highest BCUT2D eigenvalue weighted by atomic mass is 16.6. The van der Waals surface area contributed by atoms with Crippen molar-refractivity contribution in [1.82, 2.24) is 4.90 Å². The summed E-state index contributed by atoms with van der Waals surface area (Å²) in [6.07, 6.45) is 5.45. The standard InChI is InChI=1S/C24H29NO5/c1-14(26)28-17-8-7-16-13-22(4)21(3)10-9-18(29-15(2)27)23(5)24(21,11-12-25(22)6)19(16)20(17)30-23/h7-10,18H,11-13H2,1-6H3/t18-,21-,22+,23-,24+/m0/s1. The molecule has 1 saturated heterocycles. The minimum absolute atomic E-state index is 0.134. The van der Waals surface area contributed by atoms with Crippen molar-refractivity contribution >= 4 is 11.9 Å². The summed E-state index contributed by atoms with van der Waals surface area (Å²) >= 11 is 0. The van der Waals surface area contributed by atoms with Crippen molar-refractivity contribution in [3.8, 4) is 11.5 Å². The number of likely N-dealkylation sites (tertiary alicyclic amines) is 1. The fraction of sp³-hybridized carbons (Fsp3) is 0.583. The monoisotopic (exact) mass is 411 g/mol. The molecule has 1 spiro atoms. The van der Waals surface area contributed by atoms with Gasteiger partial charge in [-0.05, 0) is 58.0 Å². The lowest BCUT2D eigenvalue weighted by Crippen LogP contribution is -2.78. The Labute approximate surface area is 177 Å². The van der Waals surface area contributed by atoms with Crippen molar-refractivity contribution in [1.29, 1.82) is 0 Å². The highest BCUT2D eigenvalue weighted by molar-refractivity contribution is 5.74. The van der Waals surface area contributed by atoms with Crippen LogP contribution in [0.25, 0.3) is 0 Å². The minimum atomic E-state index is -0.807. The lowest BCUT2D eigenvalue weighted by atomic mass is 9.39. The molecule has 6 heteroatoms. The molecule has 0 unspecified atom stereocenters. The van der Waals surface area contributed by atoms with Crippen LogP contribution in [0.2, 0.25) is 0 Å². The molecule has 160 valence electrons. The summed E-state index contributed by atoms with van der Waals surface area (Å²) in [6.45, 7) is 10.4. The van der Waals surface area contributed by atoms with E-state index in [0.29, 0.717) is 11.5 Å². The smallest absolute Gasteiger partial charge is 0.308 e. The van der Waals surface area contributed by atoms with Gasteiger partial charge in [0.1, 0.15) is 0 Å². The van der Waals surface area contributed by atoms with Crippen molar-refractivity contribution in [2.45, 2.75) is 70.1 Å². The third-order valence-corrected chi connectivity index (χ3v) is 8.69. The van der Waals surface area contributed by atoms with Gasteiger partial charge in [-0.1, -0.05) is 19.1 Å². The second kappa shape index (κ2) is 5.67. The average Bonchev–Trinajstić information content (AvgIpc) is 2.93. The number of hydrogen-bond acceptors (Lipinski definition) is 6. The fourth-order valence-electron chi connectivity index (χ4n) is 7.06. The molecule has 4 aliphatic rings. The van der Waals surface area contributed by atoms with Gasteiger partial charge in [-0.25, -0.2) is 0 Å². The number of ether oxygens (including phenoxy) is 3. The van der Waals surface area contributed by atoms with Crippen LogP contribution in [0.5, 0.6) is 11.5 Å². The van der Waals surface area contributed by atoms with E-state index in [0.717, 1.165) is 24.9 Å². The molecule has 1 fully saturated rings. The maximum atomic E-state index is 12.0. The molecular weight excluding hydrogens is 382 g/mol. The molecule has 5 rings (SSSR count). The van der Waals surface area contributed by atoms with Crippen LogP contribution in [0.3, 0.4) is 0 Å². The SMILES string of the molecule is CC(=O)Oc1ccc2c3c1O[C@@]1(C)[C@@H](OC(C)=O)C=C[C@]4(C)[C@@]31CCN(C)[C@]4(C)C2. The molecule has 1 aromatic carbocycles. The van der Waals surface area contributed by atoms with Crippen LogP contribution >= 0.6 is 0 Å². The van der Waals surface area contributed by atoms with E-state index >= 15 is 0 Å². The molecule has 0 saturated carbocycles. The van der Waals surface area contributed by atoms with Gasteiger partial charge in [-0.15, -0.1) is 0 Å². The van der Waals surface area contributed by atoms with E-state index in [2.05, 4.69) is 44.9 Å². The van der Waals surface area contributed by atoms with Gasteiger partial charge in [0, 0.05) is 30.4 Å². The fourth-order valence-corrected chi connectivity index (χ4v) is 7.06. The Morgan fingerprint density at radius 1 is 1.17 bits per heavy atom. The van der Waals surface area contributed by atoms with Crippen molar-refractivity contribution in [3.63, 3.8) is 0 Å². The predicted octanol–water partition coefficient (Wildman–Crippen LogP) is 3.16. The van der Waals surface area contributed by atoms with Crippen LogP contribution in [-0.4, -0.2) is 47.7 Å². The number of carbonyl (C=O) groups is 2. The van der Waals surface area contributed by atoms with Gasteiger partial charge >= 0.3 is 11.9 Å². The Bertz CT molecular complexity index is 1020. The van der Waals surface area contributed by atoms with E-state index in [1.165, 1.54) is 19.4 Å². The van der Waals surface area contributed by atoms with Gasteiger partial charge in [-0.2, -0.15) is 0 Å². The summed E-state index contributed by atoms with van der Waals surface area (Å²) in [6, 6.07) is 3.91. The van der Waals surface area contributed by atoms with E-state index in [1.54, 1.807) is 0 Å². The summed E-state index contributed by atoms with van der Waals surface area (Å²) in [5, 5.41) is 0. The summed E-state index contributed by atoms with van der Waals surface area (Å²) < 4.78 is 18.1. The molecule has 0 N–H and O–H groups in total. The van der Waals surface area contributed by atoms with Crippen LogP contribution in [0.1, 0.15) is 52.2 Å². The predicted molar refractivity (Wildman–Crippen MR) is 111 cm³/mol. The Morgan fingerprint density at radius 3 is 2.57 bits per heavy atom. The van der Waals surface area contributed by atoms with Gasteiger partial charge in [0.15, 0.2) is 23.2 Å². The highest BCUT2D eigenvalue weighted by Crippen LogP contribution is 2.73. The lowest BCUT2D eigenvalue weighted by molar-refractivity contribution is -0.188.